The summed E-state index contributed by atoms with van der Waals surface area (Å²) in [6.45, 7) is 15.7. The third-order valence-corrected chi connectivity index (χ3v) is 10.3. The molecule has 0 unspecified atom stereocenters. The molecule has 7 nitrogen and oxygen atoms in total. The normalized spacial score (nSPS) is 48.6. The van der Waals surface area contributed by atoms with Crippen molar-refractivity contribution >= 4 is 5.78 Å². The van der Waals surface area contributed by atoms with Gasteiger partial charge in [0.2, 0.25) is 5.79 Å². The Labute approximate surface area is 218 Å². The number of aliphatic hydroxyl groups excluding tert-OH is 2. The molecule has 0 spiro atoms. The summed E-state index contributed by atoms with van der Waals surface area (Å²) < 4.78 is 12.3. The lowest BCUT2D eigenvalue weighted by molar-refractivity contribution is -0.259. The number of fused-ring (bicyclic) bond motifs is 3. The van der Waals surface area contributed by atoms with E-state index in [9.17, 15) is 25.2 Å². The number of carbonyl (C=O) groups is 1. The van der Waals surface area contributed by atoms with Gasteiger partial charge in [-0.1, -0.05) is 65.2 Å². The first-order valence-corrected chi connectivity index (χ1v) is 12.9. The highest BCUT2D eigenvalue weighted by atomic mass is 16.7. The van der Waals surface area contributed by atoms with E-state index in [2.05, 4.69) is 13.2 Å². The van der Waals surface area contributed by atoms with Crippen LogP contribution in [0.3, 0.4) is 0 Å². The molecule has 5 rings (SSSR count). The molecule has 7 heteroatoms. The predicted molar refractivity (Wildman–Crippen MR) is 138 cm³/mol. The highest BCUT2D eigenvalue weighted by Crippen LogP contribution is 2.59. The average Bonchev–Trinajstić information content (AvgIpc) is 3.08. The number of carbonyl (C=O) groups excluding carboxylic acids is 1. The molecule has 0 aromatic heterocycles. The van der Waals surface area contributed by atoms with Gasteiger partial charge in [-0.25, -0.2) is 0 Å². The summed E-state index contributed by atoms with van der Waals surface area (Å²) in [5.41, 5.74) is -2.39. The van der Waals surface area contributed by atoms with Crippen LogP contribution in [0.1, 0.15) is 40.5 Å². The summed E-state index contributed by atoms with van der Waals surface area (Å²) in [6.07, 6.45) is 9.11. The largest absolute Gasteiger partial charge is 0.389 e. The summed E-state index contributed by atoms with van der Waals surface area (Å²) in [5.74, 6) is -2.44. The van der Waals surface area contributed by atoms with Crippen LogP contribution in [0.15, 0.2) is 71.9 Å². The van der Waals surface area contributed by atoms with Crippen LogP contribution in [0.5, 0.6) is 0 Å². The lowest BCUT2D eigenvalue weighted by Gasteiger charge is -2.53. The number of rotatable bonds is 4. The third kappa shape index (κ3) is 3.45. The highest BCUT2D eigenvalue weighted by Gasteiger charge is 2.65. The van der Waals surface area contributed by atoms with E-state index in [1.165, 1.54) is 6.08 Å². The van der Waals surface area contributed by atoms with E-state index in [0.717, 1.165) is 11.1 Å². The first kappa shape index (κ1) is 26.5. The van der Waals surface area contributed by atoms with Gasteiger partial charge < -0.3 is 29.9 Å². The molecule has 1 heterocycles. The highest BCUT2D eigenvalue weighted by molar-refractivity contribution is 6.01. The molecule has 0 radical (unpaired) electrons. The second-order valence-corrected chi connectivity index (χ2v) is 12.2. The monoisotopic (exact) mass is 510 g/mol. The minimum Gasteiger partial charge on any atom is -0.389 e. The maximum absolute atomic E-state index is 13.2. The standard InChI is InChI=1S/C30H38O7/c1-17(28(34)15-26(5)19(3)23(31)9-7-21(26)11-25(28)33)13-36-30-12-22-8-10-24(32)20(4)27(22,6)16-29(30,35)18(2)14-37-30/h7-12,19-20,23-24,31-32,34-35H,1-2,13-16H2,3-6H3/t19-,20-,23-,24-,26+,27+,28+,29+,30-/m0/s1. The maximum atomic E-state index is 13.2. The zero-order valence-corrected chi connectivity index (χ0v) is 22.0. The Bertz CT molecular complexity index is 1190. The summed E-state index contributed by atoms with van der Waals surface area (Å²) in [7, 11) is 0. The van der Waals surface area contributed by atoms with Crippen LogP contribution in [-0.2, 0) is 14.3 Å². The Morgan fingerprint density at radius 2 is 1.62 bits per heavy atom. The van der Waals surface area contributed by atoms with E-state index in [1.807, 2.05) is 33.8 Å². The van der Waals surface area contributed by atoms with Crippen molar-refractivity contribution in [3.05, 3.63) is 71.9 Å². The molecule has 0 bridgehead atoms. The minimum absolute atomic E-state index is 0.0531. The van der Waals surface area contributed by atoms with Gasteiger partial charge in [0.1, 0.15) is 5.60 Å². The summed E-state index contributed by atoms with van der Waals surface area (Å²) >= 11 is 0. The van der Waals surface area contributed by atoms with Crippen LogP contribution >= 0.6 is 0 Å². The topological polar surface area (TPSA) is 116 Å². The van der Waals surface area contributed by atoms with Crippen molar-refractivity contribution in [1.82, 2.24) is 0 Å². The molecule has 1 saturated heterocycles. The van der Waals surface area contributed by atoms with Gasteiger partial charge in [0.05, 0.1) is 25.4 Å². The number of aliphatic hydroxyl groups is 4. The maximum Gasteiger partial charge on any atom is 0.222 e. The Balaban J connectivity index is 1.46. The number of hydrogen-bond acceptors (Lipinski definition) is 7. The van der Waals surface area contributed by atoms with E-state index in [0.29, 0.717) is 5.57 Å². The van der Waals surface area contributed by atoms with E-state index in [-0.39, 0.29) is 43.5 Å². The number of ketones is 1. The van der Waals surface area contributed by atoms with Crippen molar-refractivity contribution in [3.8, 4) is 0 Å². The van der Waals surface area contributed by atoms with Crippen LogP contribution in [0.4, 0.5) is 0 Å². The number of ether oxygens (including phenoxy) is 2. The fourth-order valence-electron chi connectivity index (χ4n) is 6.87. The van der Waals surface area contributed by atoms with Gasteiger partial charge in [0.25, 0.3) is 0 Å². The van der Waals surface area contributed by atoms with Crippen LogP contribution in [-0.4, -0.2) is 68.6 Å². The molecular weight excluding hydrogens is 472 g/mol. The van der Waals surface area contributed by atoms with Crippen molar-refractivity contribution < 1.29 is 34.7 Å². The fraction of sp³-hybridized carbons (Fsp3) is 0.567. The van der Waals surface area contributed by atoms with Gasteiger partial charge in [0, 0.05) is 10.8 Å². The van der Waals surface area contributed by atoms with E-state index >= 15 is 0 Å². The quantitative estimate of drug-likeness (QED) is 0.430. The van der Waals surface area contributed by atoms with Crippen LogP contribution in [0, 0.1) is 22.7 Å². The van der Waals surface area contributed by atoms with Crippen molar-refractivity contribution in [2.45, 2.75) is 69.7 Å². The minimum atomic E-state index is -1.90. The molecule has 5 aliphatic rings. The Morgan fingerprint density at radius 1 is 1.05 bits per heavy atom. The van der Waals surface area contributed by atoms with Crippen molar-refractivity contribution in [3.63, 3.8) is 0 Å². The molecule has 0 aromatic rings. The molecule has 0 amide bonds. The van der Waals surface area contributed by atoms with Crippen LogP contribution < -0.4 is 0 Å². The molecule has 0 saturated carbocycles. The number of hydrogen-bond donors (Lipinski definition) is 4. The molecule has 4 aliphatic carbocycles. The third-order valence-electron chi connectivity index (χ3n) is 10.3. The lowest BCUT2D eigenvalue weighted by Crippen LogP contribution is -2.60. The van der Waals surface area contributed by atoms with Gasteiger partial charge in [0.15, 0.2) is 11.4 Å². The summed E-state index contributed by atoms with van der Waals surface area (Å²) in [5, 5.41) is 44.5. The number of allylic oxidation sites excluding steroid dienone is 4. The van der Waals surface area contributed by atoms with E-state index in [4.69, 9.17) is 9.47 Å². The second-order valence-electron chi connectivity index (χ2n) is 12.2. The first-order valence-electron chi connectivity index (χ1n) is 12.9. The van der Waals surface area contributed by atoms with E-state index in [1.54, 1.807) is 24.3 Å². The Kier molecular flexibility index (Phi) is 5.86. The molecular formula is C30H38O7. The van der Waals surface area contributed by atoms with E-state index < -0.39 is 45.8 Å². The predicted octanol–water partition coefficient (Wildman–Crippen LogP) is 2.68. The Hall–Kier alpha value is -2.13. The van der Waals surface area contributed by atoms with Gasteiger partial charge >= 0.3 is 0 Å². The average molecular weight is 511 g/mol. The van der Waals surface area contributed by atoms with Crippen LogP contribution in [0.2, 0.25) is 0 Å². The second kappa shape index (κ2) is 8.18. The van der Waals surface area contributed by atoms with Gasteiger partial charge in [-0.15, -0.1) is 0 Å². The lowest BCUT2D eigenvalue weighted by atomic mass is 9.56. The van der Waals surface area contributed by atoms with Gasteiger partial charge in [-0.05, 0) is 59.1 Å². The summed E-state index contributed by atoms with van der Waals surface area (Å²) in [6, 6.07) is 0. The molecule has 4 N–H and O–H groups in total. The SMILES string of the molecule is C=C(CO[C@]12C=C3C=C[C@H](O)[C@H](C)[C@@]3(C)C[C@@]1(O)C(=C)CO2)[C@]1(O)C[C@@]2(C)C(=CC1=O)C=C[C@H](O)[C@@H]2C. The van der Waals surface area contributed by atoms with Crippen LogP contribution in [0.25, 0.3) is 0 Å². The smallest absolute Gasteiger partial charge is 0.222 e. The molecule has 200 valence electrons. The molecule has 9 atom stereocenters. The Morgan fingerprint density at radius 3 is 2.24 bits per heavy atom. The summed E-state index contributed by atoms with van der Waals surface area (Å²) in [4.78, 5) is 13.2. The fourth-order valence-corrected chi connectivity index (χ4v) is 6.87. The van der Waals surface area contributed by atoms with Gasteiger partial charge in [-0.2, -0.15) is 0 Å². The van der Waals surface area contributed by atoms with Gasteiger partial charge in [-0.3, -0.25) is 4.79 Å². The first-order chi connectivity index (χ1) is 17.1. The zero-order valence-electron chi connectivity index (χ0n) is 22.0. The van der Waals surface area contributed by atoms with Crippen molar-refractivity contribution in [1.29, 1.82) is 0 Å². The van der Waals surface area contributed by atoms with Crippen molar-refractivity contribution in [2.24, 2.45) is 22.7 Å². The molecule has 0 aromatic carbocycles. The molecule has 1 fully saturated rings. The molecule has 37 heavy (non-hydrogen) atoms. The zero-order chi connectivity index (χ0) is 27.2. The molecule has 1 aliphatic heterocycles. The van der Waals surface area contributed by atoms with Crippen molar-refractivity contribution in [2.75, 3.05) is 13.2 Å².